The van der Waals surface area contributed by atoms with Gasteiger partial charge in [-0.05, 0) is 38.5 Å². The average Bonchev–Trinajstić information content (AvgIpc) is 3.20. The molecule has 0 bridgehead atoms. The molecular formula is C13H19N3O2S. The molecule has 2 fully saturated rings. The van der Waals surface area contributed by atoms with Crippen molar-refractivity contribution in [1.29, 1.82) is 0 Å². The summed E-state index contributed by atoms with van der Waals surface area (Å²) >= 11 is 1.46. The molecule has 0 unspecified atom stereocenters. The van der Waals surface area contributed by atoms with Crippen LogP contribution in [0.4, 0.5) is 5.13 Å². The minimum atomic E-state index is -0.0645. The fourth-order valence-electron chi connectivity index (χ4n) is 2.62. The van der Waals surface area contributed by atoms with Crippen LogP contribution in [0.1, 0.15) is 50.3 Å². The van der Waals surface area contributed by atoms with E-state index < -0.39 is 0 Å². The van der Waals surface area contributed by atoms with Gasteiger partial charge in [-0.3, -0.25) is 4.79 Å². The second-order valence-electron chi connectivity index (χ2n) is 5.45. The first-order valence-corrected chi connectivity index (χ1v) is 7.71. The van der Waals surface area contributed by atoms with Crippen LogP contribution in [0.2, 0.25) is 0 Å². The number of nitrogens with zero attached hydrogens (tertiary/aromatic N) is 2. The van der Waals surface area contributed by atoms with Gasteiger partial charge in [-0.2, -0.15) is 4.37 Å². The molecule has 6 heteroatoms. The molecule has 2 aliphatic rings. The largest absolute Gasteiger partial charge is 0.469 e. The molecule has 0 atom stereocenters. The molecule has 3 rings (SSSR count). The quantitative estimate of drug-likeness (QED) is 0.859. The lowest BCUT2D eigenvalue weighted by molar-refractivity contribution is -0.146. The third kappa shape index (κ3) is 3.05. The summed E-state index contributed by atoms with van der Waals surface area (Å²) in [5.41, 5.74) is 0. The highest BCUT2D eigenvalue weighted by Crippen LogP contribution is 2.39. The van der Waals surface area contributed by atoms with Gasteiger partial charge in [0.15, 0.2) is 0 Å². The highest BCUT2D eigenvalue weighted by atomic mass is 32.1. The molecule has 0 aliphatic heterocycles. The molecule has 1 aromatic heterocycles. The van der Waals surface area contributed by atoms with Crippen LogP contribution in [0.15, 0.2) is 0 Å². The highest BCUT2D eigenvalue weighted by molar-refractivity contribution is 7.09. The van der Waals surface area contributed by atoms with Crippen LogP contribution in [-0.2, 0) is 9.53 Å². The number of ether oxygens (including phenoxy) is 1. The molecule has 1 N–H and O–H groups in total. The molecule has 2 saturated carbocycles. The van der Waals surface area contributed by atoms with E-state index in [1.807, 2.05) is 0 Å². The Morgan fingerprint density at radius 1 is 1.26 bits per heavy atom. The Morgan fingerprint density at radius 2 is 2.00 bits per heavy atom. The van der Waals surface area contributed by atoms with Crippen molar-refractivity contribution in [1.82, 2.24) is 9.36 Å². The summed E-state index contributed by atoms with van der Waals surface area (Å²) in [7, 11) is 1.47. The summed E-state index contributed by atoms with van der Waals surface area (Å²) in [4.78, 5) is 16.0. The molecule has 19 heavy (non-hydrogen) atoms. The van der Waals surface area contributed by atoms with Gasteiger partial charge in [0.2, 0.25) is 5.13 Å². The van der Waals surface area contributed by atoms with Crippen LogP contribution in [0.3, 0.4) is 0 Å². The molecule has 1 heterocycles. The van der Waals surface area contributed by atoms with Gasteiger partial charge in [0.1, 0.15) is 5.82 Å². The Hall–Kier alpha value is -1.17. The van der Waals surface area contributed by atoms with Crippen LogP contribution in [-0.4, -0.2) is 28.5 Å². The summed E-state index contributed by atoms with van der Waals surface area (Å²) < 4.78 is 9.19. The molecule has 0 aromatic carbocycles. The van der Waals surface area contributed by atoms with Crippen molar-refractivity contribution >= 4 is 22.6 Å². The fraction of sp³-hybridized carbons (Fsp3) is 0.769. The van der Waals surface area contributed by atoms with Gasteiger partial charge in [0.25, 0.3) is 0 Å². The summed E-state index contributed by atoms with van der Waals surface area (Å²) in [6.07, 6.45) is 6.27. The summed E-state index contributed by atoms with van der Waals surface area (Å²) in [6.45, 7) is 0. The average molecular weight is 281 g/mol. The number of hydrogen-bond donors (Lipinski definition) is 1. The lowest BCUT2D eigenvalue weighted by Gasteiger charge is -2.27. The van der Waals surface area contributed by atoms with Gasteiger partial charge < -0.3 is 10.1 Å². The first-order chi connectivity index (χ1) is 9.26. The van der Waals surface area contributed by atoms with Crippen molar-refractivity contribution in [2.75, 3.05) is 12.4 Å². The number of carbonyl (C=O) groups excluding carboxylic acids is 1. The van der Waals surface area contributed by atoms with Crippen molar-refractivity contribution in [3.05, 3.63) is 5.82 Å². The van der Waals surface area contributed by atoms with Crippen LogP contribution < -0.4 is 5.32 Å². The smallest absolute Gasteiger partial charge is 0.308 e. The molecule has 0 saturated heterocycles. The van der Waals surface area contributed by atoms with E-state index in [1.54, 1.807) is 0 Å². The Bertz CT molecular complexity index is 450. The molecule has 0 radical (unpaired) electrons. The minimum Gasteiger partial charge on any atom is -0.469 e. The van der Waals surface area contributed by atoms with Gasteiger partial charge in [0, 0.05) is 23.5 Å². The maximum absolute atomic E-state index is 11.5. The number of rotatable bonds is 4. The predicted molar refractivity (Wildman–Crippen MR) is 73.3 cm³/mol. The maximum Gasteiger partial charge on any atom is 0.308 e. The van der Waals surface area contributed by atoms with E-state index >= 15 is 0 Å². The molecule has 1 aromatic rings. The second-order valence-corrected chi connectivity index (χ2v) is 6.20. The molecule has 5 nitrogen and oxygen atoms in total. The first-order valence-electron chi connectivity index (χ1n) is 6.94. The molecule has 0 spiro atoms. The van der Waals surface area contributed by atoms with E-state index in [0.29, 0.717) is 12.0 Å². The van der Waals surface area contributed by atoms with Gasteiger partial charge in [-0.15, -0.1) is 0 Å². The van der Waals surface area contributed by atoms with E-state index in [4.69, 9.17) is 4.74 Å². The zero-order valence-electron chi connectivity index (χ0n) is 11.1. The normalized spacial score (nSPS) is 27.0. The van der Waals surface area contributed by atoms with Gasteiger partial charge >= 0.3 is 5.97 Å². The van der Waals surface area contributed by atoms with Crippen molar-refractivity contribution in [3.8, 4) is 0 Å². The Balaban J connectivity index is 1.49. The number of methoxy groups -OCH3 is 1. The van der Waals surface area contributed by atoms with Crippen LogP contribution >= 0.6 is 11.5 Å². The number of carbonyl (C=O) groups is 1. The maximum atomic E-state index is 11.5. The van der Waals surface area contributed by atoms with Gasteiger partial charge in [0.05, 0.1) is 13.0 Å². The SMILES string of the molecule is COC(=O)C1CCC(Nc2nc(C3CC3)ns2)CC1. The standard InChI is InChI=1S/C13H19N3O2S/c1-18-12(17)9-4-6-10(7-5-9)14-13-15-11(16-19-13)8-2-3-8/h8-10H,2-7H2,1H3,(H,14,15,16). The topological polar surface area (TPSA) is 64.1 Å². The summed E-state index contributed by atoms with van der Waals surface area (Å²) in [5.74, 6) is 1.64. The van der Waals surface area contributed by atoms with E-state index in [-0.39, 0.29) is 11.9 Å². The molecule has 2 aliphatic carbocycles. The fourth-order valence-corrected chi connectivity index (χ4v) is 3.34. The van der Waals surface area contributed by atoms with Crippen LogP contribution in [0.5, 0.6) is 0 Å². The zero-order valence-corrected chi connectivity index (χ0v) is 11.9. The van der Waals surface area contributed by atoms with E-state index in [0.717, 1.165) is 36.6 Å². The number of anilines is 1. The Kier molecular flexibility index (Phi) is 3.68. The third-order valence-electron chi connectivity index (χ3n) is 3.97. The van der Waals surface area contributed by atoms with Gasteiger partial charge in [-0.25, -0.2) is 4.98 Å². The van der Waals surface area contributed by atoms with Gasteiger partial charge in [-0.1, -0.05) is 0 Å². The number of esters is 1. The van der Waals surface area contributed by atoms with Crippen molar-refractivity contribution in [3.63, 3.8) is 0 Å². The molecule has 104 valence electrons. The Labute approximate surface area is 116 Å². The molecule has 0 amide bonds. The van der Waals surface area contributed by atoms with E-state index in [9.17, 15) is 4.79 Å². The number of nitrogens with one attached hydrogen (secondary N) is 1. The van der Waals surface area contributed by atoms with E-state index in [1.165, 1.54) is 31.5 Å². The zero-order chi connectivity index (χ0) is 13.2. The van der Waals surface area contributed by atoms with Crippen molar-refractivity contribution in [2.24, 2.45) is 5.92 Å². The van der Waals surface area contributed by atoms with Crippen molar-refractivity contribution < 1.29 is 9.53 Å². The lowest BCUT2D eigenvalue weighted by Crippen LogP contribution is -2.29. The first kappa shape index (κ1) is 12.8. The second kappa shape index (κ2) is 5.45. The third-order valence-corrected chi connectivity index (χ3v) is 4.63. The summed E-state index contributed by atoms with van der Waals surface area (Å²) in [6, 6.07) is 0.418. The minimum absolute atomic E-state index is 0.0645. The van der Waals surface area contributed by atoms with Crippen molar-refractivity contribution in [2.45, 2.75) is 50.5 Å². The number of hydrogen-bond acceptors (Lipinski definition) is 6. The van der Waals surface area contributed by atoms with Crippen LogP contribution in [0, 0.1) is 5.92 Å². The number of aromatic nitrogens is 2. The Morgan fingerprint density at radius 3 is 2.63 bits per heavy atom. The summed E-state index contributed by atoms with van der Waals surface area (Å²) in [5, 5.41) is 4.39. The van der Waals surface area contributed by atoms with Crippen LogP contribution in [0.25, 0.3) is 0 Å². The predicted octanol–water partition coefficient (Wildman–Crippen LogP) is 2.56. The molecular weight excluding hydrogens is 262 g/mol. The lowest BCUT2D eigenvalue weighted by atomic mass is 9.86. The monoisotopic (exact) mass is 281 g/mol. The highest BCUT2D eigenvalue weighted by Gasteiger charge is 2.29. The van der Waals surface area contributed by atoms with E-state index in [2.05, 4.69) is 14.7 Å².